The van der Waals surface area contributed by atoms with Gasteiger partial charge in [0, 0.05) is 5.69 Å². The molecule has 1 atom stereocenters. The van der Waals surface area contributed by atoms with E-state index in [1.54, 1.807) is 45.9 Å². The number of hydrogen-bond acceptors (Lipinski definition) is 5. The van der Waals surface area contributed by atoms with Crippen molar-refractivity contribution >= 4 is 17.7 Å². The predicted octanol–water partition coefficient (Wildman–Crippen LogP) is 5.26. The predicted molar refractivity (Wildman–Crippen MR) is 115 cm³/mol. The molecule has 0 fully saturated rings. The number of carbonyl (C=O) groups is 2. The average molecular weight is 408 g/mol. The first-order valence-corrected chi connectivity index (χ1v) is 9.74. The SMILES string of the molecule is Cc1cc(NC(=O)OCc2ccccc2)ccc1C(C)(C#N)CC(=O)OC(C)(C)C. The number of nitriles is 1. The molecule has 0 saturated carbocycles. The third-order valence-electron chi connectivity index (χ3n) is 4.44. The molecule has 0 heterocycles. The van der Waals surface area contributed by atoms with Gasteiger partial charge in [0.2, 0.25) is 0 Å². The Kier molecular flexibility index (Phi) is 7.23. The van der Waals surface area contributed by atoms with E-state index in [9.17, 15) is 14.9 Å². The summed E-state index contributed by atoms with van der Waals surface area (Å²) in [6, 6.07) is 16.8. The molecule has 0 aliphatic carbocycles. The summed E-state index contributed by atoms with van der Waals surface area (Å²) in [7, 11) is 0. The van der Waals surface area contributed by atoms with Crippen molar-refractivity contribution in [2.24, 2.45) is 0 Å². The zero-order valence-electron chi connectivity index (χ0n) is 18.1. The van der Waals surface area contributed by atoms with E-state index in [-0.39, 0.29) is 13.0 Å². The number of aryl methyl sites for hydroxylation is 1. The first kappa shape index (κ1) is 23.0. The van der Waals surface area contributed by atoms with Gasteiger partial charge < -0.3 is 9.47 Å². The molecule has 0 aliphatic rings. The summed E-state index contributed by atoms with van der Waals surface area (Å²) in [6.07, 6.45) is -0.629. The van der Waals surface area contributed by atoms with Gasteiger partial charge in [0.05, 0.1) is 17.9 Å². The number of nitrogens with zero attached hydrogens (tertiary/aromatic N) is 1. The summed E-state index contributed by atoms with van der Waals surface area (Å²) >= 11 is 0. The second-order valence-corrected chi connectivity index (χ2v) is 8.42. The van der Waals surface area contributed by atoms with E-state index < -0.39 is 23.1 Å². The van der Waals surface area contributed by atoms with Gasteiger partial charge in [-0.05, 0) is 63.4 Å². The minimum atomic E-state index is -1.04. The first-order chi connectivity index (χ1) is 14.0. The van der Waals surface area contributed by atoms with Crippen LogP contribution >= 0.6 is 0 Å². The molecule has 30 heavy (non-hydrogen) atoms. The lowest BCUT2D eigenvalue weighted by Gasteiger charge is -2.26. The highest BCUT2D eigenvalue weighted by atomic mass is 16.6. The van der Waals surface area contributed by atoms with Crippen molar-refractivity contribution in [2.45, 2.75) is 58.7 Å². The zero-order chi connectivity index (χ0) is 22.4. The highest BCUT2D eigenvalue weighted by molar-refractivity contribution is 5.85. The van der Waals surface area contributed by atoms with Gasteiger partial charge >= 0.3 is 12.1 Å². The van der Waals surface area contributed by atoms with Crippen LogP contribution in [0, 0.1) is 18.3 Å². The number of carbonyl (C=O) groups excluding carboxylic acids is 2. The van der Waals surface area contributed by atoms with Crippen LogP contribution in [-0.2, 0) is 26.3 Å². The van der Waals surface area contributed by atoms with Crippen LogP contribution in [-0.4, -0.2) is 17.7 Å². The van der Waals surface area contributed by atoms with Gasteiger partial charge in [0.15, 0.2) is 0 Å². The summed E-state index contributed by atoms with van der Waals surface area (Å²) in [5.74, 6) is -0.433. The summed E-state index contributed by atoms with van der Waals surface area (Å²) in [6.45, 7) is 9.08. The molecule has 1 amide bonds. The smallest absolute Gasteiger partial charge is 0.411 e. The molecule has 0 spiro atoms. The zero-order valence-corrected chi connectivity index (χ0v) is 18.1. The fraction of sp³-hybridized carbons (Fsp3) is 0.375. The molecule has 0 aromatic heterocycles. The van der Waals surface area contributed by atoms with E-state index in [2.05, 4.69) is 11.4 Å². The Labute approximate surface area is 177 Å². The molecule has 158 valence electrons. The Balaban J connectivity index is 2.06. The van der Waals surface area contributed by atoms with Crippen LogP contribution in [0.3, 0.4) is 0 Å². The van der Waals surface area contributed by atoms with Gasteiger partial charge in [-0.3, -0.25) is 10.1 Å². The lowest BCUT2D eigenvalue weighted by molar-refractivity contribution is -0.155. The second-order valence-electron chi connectivity index (χ2n) is 8.42. The lowest BCUT2D eigenvalue weighted by atomic mass is 9.78. The molecule has 6 heteroatoms. The molecule has 2 rings (SSSR count). The first-order valence-electron chi connectivity index (χ1n) is 9.74. The standard InChI is InChI=1S/C24H28N2O4/c1-17-13-19(26-22(28)29-15-18-9-7-6-8-10-18)11-12-20(17)24(5,16-25)14-21(27)30-23(2,3)4/h6-13H,14-15H2,1-5H3,(H,26,28). The Morgan fingerprint density at radius 1 is 1.07 bits per heavy atom. The average Bonchev–Trinajstić information content (AvgIpc) is 2.65. The van der Waals surface area contributed by atoms with E-state index in [4.69, 9.17) is 9.47 Å². The molecule has 2 aromatic carbocycles. The van der Waals surface area contributed by atoms with E-state index in [1.165, 1.54) is 0 Å². The summed E-state index contributed by atoms with van der Waals surface area (Å²) < 4.78 is 10.6. The van der Waals surface area contributed by atoms with Crippen LogP contribution in [0.25, 0.3) is 0 Å². The maximum absolute atomic E-state index is 12.3. The minimum absolute atomic E-state index is 0.0620. The molecular weight excluding hydrogens is 380 g/mol. The number of benzene rings is 2. The number of ether oxygens (including phenoxy) is 2. The summed E-state index contributed by atoms with van der Waals surface area (Å²) in [5, 5.41) is 12.4. The van der Waals surface area contributed by atoms with Gasteiger partial charge in [-0.15, -0.1) is 0 Å². The van der Waals surface area contributed by atoms with Crippen molar-refractivity contribution < 1.29 is 19.1 Å². The van der Waals surface area contributed by atoms with Gasteiger partial charge in [-0.25, -0.2) is 4.79 Å². The van der Waals surface area contributed by atoms with Crippen LogP contribution in [0.5, 0.6) is 0 Å². The maximum Gasteiger partial charge on any atom is 0.411 e. The molecular formula is C24H28N2O4. The Hall–Kier alpha value is -3.33. The van der Waals surface area contributed by atoms with Gasteiger partial charge in [-0.1, -0.05) is 36.4 Å². The van der Waals surface area contributed by atoms with Gasteiger partial charge in [0.1, 0.15) is 12.2 Å². The highest BCUT2D eigenvalue weighted by Gasteiger charge is 2.33. The summed E-state index contributed by atoms with van der Waals surface area (Å²) in [4.78, 5) is 24.3. The third-order valence-corrected chi connectivity index (χ3v) is 4.44. The number of nitrogens with one attached hydrogen (secondary N) is 1. The number of amides is 1. The molecule has 1 unspecified atom stereocenters. The molecule has 1 N–H and O–H groups in total. The highest BCUT2D eigenvalue weighted by Crippen LogP contribution is 2.32. The largest absolute Gasteiger partial charge is 0.460 e. The Bertz CT molecular complexity index is 942. The van der Waals surface area contributed by atoms with Crippen molar-refractivity contribution in [2.75, 3.05) is 5.32 Å². The summed E-state index contributed by atoms with van der Waals surface area (Å²) in [5.41, 5.74) is 1.27. The Morgan fingerprint density at radius 3 is 2.30 bits per heavy atom. The van der Waals surface area contributed by atoms with Crippen molar-refractivity contribution in [3.8, 4) is 6.07 Å². The molecule has 0 radical (unpaired) electrons. The van der Waals surface area contributed by atoms with Gasteiger partial charge in [-0.2, -0.15) is 5.26 Å². The normalized spacial score (nSPS) is 12.9. The van der Waals surface area contributed by atoms with E-state index >= 15 is 0 Å². The topological polar surface area (TPSA) is 88.4 Å². The lowest BCUT2D eigenvalue weighted by Crippen LogP contribution is -2.31. The molecule has 6 nitrogen and oxygen atoms in total. The molecule has 0 aliphatic heterocycles. The molecule has 2 aromatic rings. The number of anilines is 1. The van der Waals surface area contributed by atoms with E-state index in [0.717, 1.165) is 11.1 Å². The van der Waals surface area contributed by atoms with Crippen molar-refractivity contribution in [1.82, 2.24) is 0 Å². The van der Waals surface area contributed by atoms with Crippen LogP contribution in [0.4, 0.5) is 10.5 Å². The van der Waals surface area contributed by atoms with Gasteiger partial charge in [0.25, 0.3) is 0 Å². The van der Waals surface area contributed by atoms with E-state index in [1.807, 2.05) is 37.3 Å². The quantitative estimate of drug-likeness (QED) is 0.659. The number of rotatable bonds is 6. The Morgan fingerprint density at radius 2 is 1.73 bits per heavy atom. The van der Waals surface area contributed by atoms with Crippen LogP contribution in [0.2, 0.25) is 0 Å². The minimum Gasteiger partial charge on any atom is -0.460 e. The van der Waals surface area contributed by atoms with Crippen LogP contribution < -0.4 is 5.32 Å². The van der Waals surface area contributed by atoms with Crippen LogP contribution in [0.1, 0.15) is 50.8 Å². The monoisotopic (exact) mass is 408 g/mol. The van der Waals surface area contributed by atoms with Crippen molar-refractivity contribution in [3.05, 3.63) is 65.2 Å². The number of hydrogen-bond donors (Lipinski definition) is 1. The van der Waals surface area contributed by atoms with Crippen molar-refractivity contribution in [3.63, 3.8) is 0 Å². The molecule has 0 saturated heterocycles. The molecule has 0 bridgehead atoms. The van der Waals surface area contributed by atoms with E-state index in [0.29, 0.717) is 11.3 Å². The number of esters is 1. The fourth-order valence-corrected chi connectivity index (χ4v) is 3.10. The fourth-order valence-electron chi connectivity index (χ4n) is 3.10. The van der Waals surface area contributed by atoms with Crippen LogP contribution in [0.15, 0.2) is 48.5 Å². The third kappa shape index (κ3) is 6.63. The second kappa shape index (κ2) is 9.45. The maximum atomic E-state index is 12.3. The van der Waals surface area contributed by atoms with Crippen molar-refractivity contribution in [1.29, 1.82) is 5.26 Å².